The molecule has 0 aromatic heterocycles. The lowest BCUT2D eigenvalue weighted by atomic mass is 9.89. The lowest BCUT2D eigenvalue weighted by Gasteiger charge is -2.21. The van der Waals surface area contributed by atoms with E-state index in [1.165, 1.54) is 135 Å². The molecule has 2 unspecified atom stereocenters. The number of ether oxygens (including phenoxy) is 2. The molecule has 1 rings (SSSR count). The van der Waals surface area contributed by atoms with Gasteiger partial charge in [-0.1, -0.05) is 158 Å². The van der Waals surface area contributed by atoms with E-state index in [0.29, 0.717) is 61.6 Å². The Morgan fingerprint density at radius 1 is 0.518 bits per heavy atom. The number of carbonyl (C=O) groups excluding carboxylic acids is 2. The molecular formula is C49H95NO6. The van der Waals surface area contributed by atoms with Gasteiger partial charge in [-0.3, -0.25) is 14.4 Å². The zero-order valence-corrected chi connectivity index (χ0v) is 38.5. The third kappa shape index (κ3) is 34.4. The maximum absolute atomic E-state index is 12.3. The van der Waals surface area contributed by atoms with Gasteiger partial charge in [-0.05, 0) is 112 Å². The van der Waals surface area contributed by atoms with E-state index in [1.807, 2.05) is 0 Å². The van der Waals surface area contributed by atoms with E-state index >= 15 is 0 Å². The van der Waals surface area contributed by atoms with Gasteiger partial charge in [-0.25, -0.2) is 0 Å². The number of nitrogens with zero attached hydrogens (tertiary/aromatic N) is 1. The van der Waals surface area contributed by atoms with Crippen molar-refractivity contribution in [3.8, 4) is 0 Å². The minimum absolute atomic E-state index is 0.00731. The van der Waals surface area contributed by atoms with E-state index in [4.69, 9.17) is 19.4 Å². The van der Waals surface area contributed by atoms with Crippen molar-refractivity contribution in [2.24, 2.45) is 41.4 Å². The summed E-state index contributed by atoms with van der Waals surface area (Å²) in [6.07, 6.45) is 31.8. The molecule has 0 radical (unpaired) electrons. The first-order valence-corrected chi connectivity index (χ1v) is 24.0. The maximum atomic E-state index is 12.3. The van der Waals surface area contributed by atoms with Crippen LogP contribution in [0.1, 0.15) is 222 Å². The molecule has 2 atom stereocenters. The summed E-state index contributed by atoms with van der Waals surface area (Å²) in [7, 11) is 0. The summed E-state index contributed by atoms with van der Waals surface area (Å²) < 4.78 is 11.4. The Morgan fingerprint density at radius 2 is 0.857 bits per heavy atom. The van der Waals surface area contributed by atoms with Crippen molar-refractivity contribution in [2.45, 2.75) is 222 Å². The molecule has 56 heavy (non-hydrogen) atoms. The molecule has 0 spiro atoms. The molecule has 0 amide bonds. The quantitative estimate of drug-likeness (QED) is 0.0383. The summed E-state index contributed by atoms with van der Waals surface area (Å²) in [6, 6.07) is 0. The third-order valence-electron chi connectivity index (χ3n) is 12.3. The molecule has 1 aliphatic rings. The Labute approximate surface area is 348 Å². The van der Waals surface area contributed by atoms with Gasteiger partial charge in [-0.2, -0.15) is 0 Å². The second-order valence-corrected chi connectivity index (χ2v) is 19.0. The zero-order chi connectivity index (χ0) is 41.8. The number of rotatable bonds is 36. The number of likely N-dealkylation sites (tertiary alicyclic amines) is 1. The minimum atomic E-state index is -0.250. The number of hydrogen-bond acceptors (Lipinski definition) is 6. The van der Waals surface area contributed by atoms with Crippen LogP contribution in [0.5, 0.6) is 0 Å². The summed E-state index contributed by atoms with van der Waals surface area (Å²) in [6.45, 7) is 23.0. The van der Waals surface area contributed by atoms with Crippen molar-refractivity contribution in [3.05, 3.63) is 0 Å². The molecule has 0 bridgehead atoms. The maximum Gasteiger partial charge on any atom is 0.305 e. The van der Waals surface area contributed by atoms with E-state index in [2.05, 4.69) is 60.3 Å². The van der Waals surface area contributed by atoms with Gasteiger partial charge in [-0.15, -0.1) is 0 Å². The van der Waals surface area contributed by atoms with Gasteiger partial charge in [0.1, 0.15) is 0 Å². The number of hydrogen-bond donors (Lipinski definition) is 1. The number of unbranched alkanes of at least 4 members (excludes halogenated alkanes) is 12. The summed E-state index contributed by atoms with van der Waals surface area (Å²) in [5, 5.41) is 6.89. The molecule has 7 heteroatoms. The highest BCUT2D eigenvalue weighted by Gasteiger charge is 2.18. The van der Waals surface area contributed by atoms with Gasteiger partial charge in [0.05, 0.1) is 13.2 Å². The third-order valence-corrected chi connectivity index (χ3v) is 12.3. The van der Waals surface area contributed by atoms with Crippen molar-refractivity contribution >= 4 is 18.4 Å². The highest BCUT2D eigenvalue weighted by atomic mass is 16.5. The van der Waals surface area contributed by atoms with Crippen LogP contribution in [0.25, 0.3) is 0 Å². The van der Waals surface area contributed by atoms with Crippen molar-refractivity contribution in [3.63, 3.8) is 0 Å². The Morgan fingerprint density at radius 3 is 1.21 bits per heavy atom. The molecule has 1 aliphatic heterocycles. The van der Waals surface area contributed by atoms with Crippen LogP contribution in [-0.4, -0.2) is 61.3 Å². The SMILES string of the molecule is CC(C)CCC(COC(=O)CCCCCCCCCC(CCCCCCCCCC(=O)OCC(CCC(C)C)C(C)C)CCCN1CCCC1)C(C)C.O=CO. The molecule has 0 aromatic carbocycles. The summed E-state index contributed by atoms with van der Waals surface area (Å²) in [5.41, 5.74) is 0. The predicted molar refractivity (Wildman–Crippen MR) is 237 cm³/mol. The fourth-order valence-corrected chi connectivity index (χ4v) is 8.07. The van der Waals surface area contributed by atoms with Gasteiger partial charge in [0.2, 0.25) is 0 Å². The Balaban J connectivity index is 0.00000974. The molecule has 1 heterocycles. The monoisotopic (exact) mass is 794 g/mol. The molecule has 0 saturated carbocycles. The average Bonchev–Trinajstić information content (AvgIpc) is 3.66. The molecule has 1 fully saturated rings. The fraction of sp³-hybridized carbons (Fsp3) is 0.939. The fourth-order valence-electron chi connectivity index (χ4n) is 8.07. The largest absolute Gasteiger partial charge is 0.483 e. The van der Waals surface area contributed by atoms with Crippen molar-refractivity contribution in [1.29, 1.82) is 0 Å². The van der Waals surface area contributed by atoms with Crippen molar-refractivity contribution in [2.75, 3.05) is 32.8 Å². The van der Waals surface area contributed by atoms with Gasteiger partial charge < -0.3 is 19.5 Å². The minimum Gasteiger partial charge on any atom is -0.483 e. The Bertz CT molecular complexity index is 841. The van der Waals surface area contributed by atoms with Crippen LogP contribution in [0.3, 0.4) is 0 Å². The van der Waals surface area contributed by atoms with Crippen molar-refractivity contribution < 1.29 is 29.0 Å². The summed E-state index contributed by atoms with van der Waals surface area (Å²) in [5.74, 6) is 4.44. The first-order chi connectivity index (χ1) is 26.9. The van der Waals surface area contributed by atoms with E-state index in [0.717, 1.165) is 44.4 Å². The second kappa shape index (κ2) is 37.6. The highest BCUT2D eigenvalue weighted by Crippen LogP contribution is 2.25. The van der Waals surface area contributed by atoms with E-state index in [9.17, 15) is 9.59 Å². The summed E-state index contributed by atoms with van der Waals surface area (Å²) in [4.78, 5) is 35.7. The first-order valence-electron chi connectivity index (χ1n) is 24.0. The van der Waals surface area contributed by atoms with Crippen LogP contribution in [0.4, 0.5) is 0 Å². The molecule has 1 N–H and O–H groups in total. The van der Waals surface area contributed by atoms with Gasteiger partial charge in [0, 0.05) is 12.8 Å². The van der Waals surface area contributed by atoms with Gasteiger partial charge in [0.15, 0.2) is 0 Å². The Hall–Kier alpha value is -1.63. The molecule has 7 nitrogen and oxygen atoms in total. The lowest BCUT2D eigenvalue weighted by Crippen LogP contribution is -2.21. The highest BCUT2D eigenvalue weighted by molar-refractivity contribution is 5.69. The first kappa shape index (κ1) is 54.4. The van der Waals surface area contributed by atoms with E-state index < -0.39 is 0 Å². The van der Waals surface area contributed by atoms with Crippen molar-refractivity contribution in [1.82, 2.24) is 4.90 Å². The molecule has 332 valence electrons. The number of esters is 2. The molecule has 0 aromatic rings. The average molecular weight is 794 g/mol. The molecule has 0 aliphatic carbocycles. The second-order valence-electron chi connectivity index (χ2n) is 19.0. The molecular weight excluding hydrogens is 699 g/mol. The topological polar surface area (TPSA) is 93.1 Å². The van der Waals surface area contributed by atoms with E-state index in [-0.39, 0.29) is 18.4 Å². The Kier molecular flexibility index (Phi) is 36.5. The van der Waals surface area contributed by atoms with Crippen LogP contribution in [0, 0.1) is 41.4 Å². The summed E-state index contributed by atoms with van der Waals surface area (Å²) >= 11 is 0. The van der Waals surface area contributed by atoms with Gasteiger partial charge >= 0.3 is 11.9 Å². The molecule has 1 saturated heterocycles. The van der Waals surface area contributed by atoms with Crippen LogP contribution in [0.15, 0.2) is 0 Å². The number of carbonyl (C=O) groups is 3. The zero-order valence-electron chi connectivity index (χ0n) is 38.5. The van der Waals surface area contributed by atoms with Crippen LogP contribution < -0.4 is 0 Å². The van der Waals surface area contributed by atoms with Crippen LogP contribution >= 0.6 is 0 Å². The lowest BCUT2D eigenvalue weighted by molar-refractivity contribution is -0.146. The van der Waals surface area contributed by atoms with Crippen LogP contribution in [0.2, 0.25) is 0 Å². The predicted octanol–water partition coefficient (Wildman–Crippen LogP) is 13.7. The number of carboxylic acid groups (broad SMARTS) is 1. The van der Waals surface area contributed by atoms with Crippen LogP contribution in [-0.2, 0) is 23.9 Å². The standard InChI is InChI=1S/C48H93NO4.CH2O2/c1-40(2)31-33-45(42(5)6)38-52-47(50)29-21-17-13-9-11-15-19-26-44(28-25-37-49-35-23-24-36-49)27-20-16-12-10-14-18-22-30-48(51)53-39-46(43(7)8)34-32-41(3)4;2-1-3/h40-46H,9-39H2,1-8H3;1H,(H,2,3). The normalized spacial score (nSPS) is 14.9. The van der Waals surface area contributed by atoms with E-state index in [1.54, 1.807) is 0 Å². The van der Waals surface area contributed by atoms with Gasteiger partial charge in [0.25, 0.3) is 6.47 Å². The smallest absolute Gasteiger partial charge is 0.305 e.